The van der Waals surface area contributed by atoms with E-state index in [2.05, 4.69) is 9.97 Å². The molecule has 0 bridgehead atoms. The number of imidazole rings is 1. The molecular weight excluding hydrogens is 146 g/mol. The molecule has 0 amide bonds. The van der Waals surface area contributed by atoms with Crippen molar-refractivity contribution >= 4 is 0 Å². The fourth-order valence-corrected chi connectivity index (χ4v) is 0.669. The summed E-state index contributed by atoms with van der Waals surface area (Å²) in [5.74, 6) is 0. The van der Waals surface area contributed by atoms with Crippen molar-refractivity contribution in [3.8, 4) is 6.07 Å². The zero-order valence-electron chi connectivity index (χ0n) is 5.60. The third-order valence-electron chi connectivity index (χ3n) is 1.27. The molecule has 3 N–H and O–H groups in total. The summed E-state index contributed by atoms with van der Waals surface area (Å²) >= 11 is 0. The van der Waals surface area contributed by atoms with Crippen LogP contribution in [0.3, 0.4) is 0 Å². The van der Waals surface area contributed by atoms with E-state index in [1.807, 2.05) is 0 Å². The zero-order valence-corrected chi connectivity index (χ0v) is 5.60. The lowest BCUT2D eigenvalue weighted by Gasteiger charge is -2.07. The number of nitrogens with one attached hydrogen (secondary N) is 1. The molecule has 2 unspecified atom stereocenters. The van der Waals surface area contributed by atoms with E-state index in [0.29, 0.717) is 5.69 Å². The van der Waals surface area contributed by atoms with Crippen LogP contribution in [0, 0.1) is 11.3 Å². The van der Waals surface area contributed by atoms with Crippen LogP contribution in [-0.4, -0.2) is 26.3 Å². The molecule has 0 aromatic carbocycles. The Kier molecular flexibility index (Phi) is 2.21. The van der Waals surface area contributed by atoms with Crippen molar-refractivity contribution in [2.45, 2.75) is 12.2 Å². The summed E-state index contributed by atoms with van der Waals surface area (Å²) in [5, 5.41) is 26.2. The number of aliphatic hydroxyl groups is 2. The van der Waals surface area contributed by atoms with Gasteiger partial charge in [-0.15, -0.1) is 0 Å². The molecule has 0 fully saturated rings. The molecule has 0 spiro atoms. The molecule has 5 nitrogen and oxygen atoms in total. The third kappa shape index (κ3) is 1.55. The van der Waals surface area contributed by atoms with E-state index in [9.17, 15) is 0 Å². The first kappa shape index (κ1) is 7.72. The van der Waals surface area contributed by atoms with Gasteiger partial charge in [-0.2, -0.15) is 5.26 Å². The van der Waals surface area contributed by atoms with E-state index < -0.39 is 12.2 Å². The Morgan fingerprint density at radius 2 is 2.36 bits per heavy atom. The van der Waals surface area contributed by atoms with Crippen molar-refractivity contribution in [2.75, 3.05) is 0 Å². The predicted octanol–water partition coefficient (Wildman–Crippen LogP) is -0.672. The lowest BCUT2D eigenvalue weighted by atomic mass is 10.2. The number of aromatic nitrogens is 2. The van der Waals surface area contributed by atoms with Crippen molar-refractivity contribution in [3.05, 3.63) is 18.2 Å². The van der Waals surface area contributed by atoms with Crippen molar-refractivity contribution in [3.63, 3.8) is 0 Å². The van der Waals surface area contributed by atoms with Crippen LogP contribution in [0.4, 0.5) is 0 Å². The van der Waals surface area contributed by atoms with Gasteiger partial charge in [-0.3, -0.25) is 0 Å². The lowest BCUT2D eigenvalue weighted by Crippen LogP contribution is -2.15. The number of aliphatic hydroxyl groups excluding tert-OH is 2. The van der Waals surface area contributed by atoms with Crippen LogP contribution in [0.2, 0.25) is 0 Å². The van der Waals surface area contributed by atoms with Crippen LogP contribution >= 0.6 is 0 Å². The highest BCUT2D eigenvalue weighted by Gasteiger charge is 2.18. The van der Waals surface area contributed by atoms with E-state index >= 15 is 0 Å². The summed E-state index contributed by atoms with van der Waals surface area (Å²) in [7, 11) is 0. The maximum atomic E-state index is 9.13. The van der Waals surface area contributed by atoms with Crippen LogP contribution < -0.4 is 0 Å². The average molecular weight is 153 g/mol. The monoisotopic (exact) mass is 153 g/mol. The molecule has 0 aliphatic rings. The number of nitriles is 1. The second-order valence-electron chi connectivity index (χ2n) is 2.03. The van der Waals surface area contributed by atoms with E-state index in [4.69, 9.17) is 15.5 Å². The maximum absolute atomic E-state index is 9.13. The number of H-pyrrole nitrogens is 1. The summed E-state index contributed by atoms with van der Waals surface area (Å²) < 4.78 is 0. The third-order valence-corrected chi connectivity index (χ3v) is 1.27. The minimum atomic E-state index is -1.41. The highest BCUT2D eigenvalue weighted by molar-refractivity contribution is 5.05. The Bertz CT molecular complexity index is 251. The van der Waals surface area contributed by atoms with Gasteiger partial charge in [0.15, 0.2) is 6.10 Å². The van der Waals surface area contributed by atoms with Gasteiger partial charge in [-0.1, -0.05) is 0 Å². The Labute approximate surface area is 62.9 Å². The Morgan fingerprint density at radius 1 is 1.64 bits per heavy atom. The molecule has 0 saturated heterocycles. The van der Waals surface area contributed by atoms with Gasteiger partial charge in [-0.05, 0) is 0 Å². The molecule has 1 aromatic heterocycles. The van der Waals surface area contributed by atoms with Crippen molar-refractivity contribution < 1.29 is 10.2 Å². The molecule has 2 atom stereocenters. The fourth-order valence-electron chi connectivity index (χ4n) is 0.669. The van der Waals surface area contributed by atoms with E-state index in [-0.39, 0.29) is 0 Å². The van der Waals surface area contributed by atoms with Crippen molar-refractivity contribution in [1.29, 1.82) is 5.26 Å². The quantitative estimate of drug-likeness (QED) is 0.491. The number of hydrogen-bond acceptors (Lipinski definition) is 4. The van der Waals surface area contributed by atoms with E-state index in [0.717, 1.165) is 0 Å². The normalized spacial score (nSPS) is 15.4. The Morgan fingerprint density at radius 3 is 2.82 bits per heavy atom. The van der Waals surface area contributed by atoms with Gasteiger partial charge in [0.05, 0.1) is 24.3 Å². The second-order valence-corrected chi connectivity index (χ2v) is 2.03. The molecule has 0 aliphatic carbocycles. The van der Waals surface area contributed by atoms with E-state index in [1.54, 1.807) is 0 Å². The van der Waals surface area contributed by atoms with Gasteiger partial charge in [0.1, 0.15) is 6.10 Å². The van der Waals surface area contributed by atoms with Crippen LogP contribution in [0.25, 0.3) is 0 Å². The molecule has 1 aromatic rings. The molecular formula is C6H7N3O2. The standard InChI is InChI=1S/C6H7N3O2/c7-1-5(10)6(11)4-2-8-3-9-4/h2-3,5-6,10-11H,(H,8,9). The van der Waals surface area contributed by atoms with Crippen LogP contribution in [0.1, 0.15) is 11.8 Å². The van der Waals surface area contributed by atoms with Gasteiger partial charge in [0.25, 0.3) is 0 Å². The van der Waals surface area contributed by atoms with Gasteiger partial charge < -0.3 is 15.2 Å². The number of rotatable bonds is 2. The summed E-state index contributed by atoms with van der Waals surface area (Å²) in [4.78, 5) is 6.20. The predicted molar refractivity (Wildman–Crippen MR) is 35.2 cm³/mol. The summed E-state index contributed by atoms with van der Waals surface area (Å²) in [5.41, 5.74) is 0.332. The molecule has 1 heterocycles. The summed E-state index contributed by atoms with van der Waals surface area (Å²) in [6.07, 6.45) is 0.103. The van der Waals surface area contributed by atoms with Gasteiger partial charge in [0.2, 0.25) is 0 Å². The molecule has 0 aliphatic heterocycles. The highest BCUT2D eigenvalue weighted by Crippen LogP contribution is 2.11. The van der Waals surface area contributed by atoms with Gasteiger partial charge in [-0.25, -0.2) is 4.98 Å². The minimum Gasteiger partial charge on any atom is -0.383 e. The van der Waals surface area contributed by atoms with Crippen LogP contribution in [0.5, 0.6) is 0 Å². The molecule has 0 radical (unpaired) electrons. The molecule has 11 heavy (non-hydrogen) atoms. The molecule has 5 heteroatoms. The highest BCUT2D eigenvalue weighted by atomic mass is 16.3. The van der Waals surface area contributed by atoms with Gasteiger partial charge in [0, 0.05) is 0 Å². The lowest BCUT2D eigenvalue weighted by molar-refractivity contribution is 0.0501. The SMILES string of the molecule is N#CC(O)C(O)c1cnc[nH]1. The zero-order chi connectivity index (χ0) is 8.27. The van der Waals surface area contributed by atoms with Crippen LogP contribution in [0.15, 0.2) is 12.5 Å². The summed E-state index contributed by atoms with van der Waals surface area (Å²) in [6.45, 7) is 0. The number of aromatic amines is 1. The second kappa shape index (κ2) is 3.14. The maximum Gasteiger partial charge on any atom is 0.171 e. The fraction of sp³-hybridized carbons (Fsp3) is 0.333. The van der Waals surface area contributed by atoms with Gasteiger partial charge >= 0.3 is 0 Å². The smallest absolute Gasteiger partial charge is 0.171 e. The largest absolute Gasteiger partial charge is 0.383 e. The average Bonchev–Trinajstić information content (AvgIpc) is 2.53. The number of nitrogens with zero attached hydrogens (tertiary/aromatic N) is 2. The Hall–Kier alpha value is -1.38. The molecule has 1 rings (SSSR count). The first-order valence-corrected chi connectivity index (χ1v) is 2.99. The first-order chi connectivity index (χ1) is 5.25. The van der Waals surface area contributed by atoms with Crippen molar-refractivity contribution in [2.24, 2.45) is 0 Å². The topological polar surface area (TPSA) is 92.9 Å². The van der Waals surface area contributed by atoms with E-state index in [1.165, 1.54) is 18.6 Å². The Balaban J connectivity index is 2.71. The first-order valence-electron chi connectivity index (χ1n) is 2.99. The molecule has 58 valence electrons. The number of hydrogen-bond donors (Lipinski definition) is 3. The van der Waals surface area contributed by atoms with Crippen LogP contribution in [-0.2, 0) is 0 Å². The summed E-state index contributed by atoms with van der Waals surface area (Å²) in [6, 6.07) is 1.51. The molecule has 0 saturated carbocycles. The minimum absolute atomic E-state index is 0.332. The van der Waals surface area contributed by atoms with Crippen molar-refractivity contribution in [1.82, 2.24) is 9.97 Å².